The van der Waals surface area contributed by atoms with Crippen molar-refractivity contribution in [2.24, 2.45) is 11.1 Å². The van der Waals surface area contributed by atoms with Gasteiger partial charge in [0.2, 0.25) is 5.91 Å². The zero-order valence-electron chi connectivity index (χ0n) is 10.0. The zero-order valence-corrected chi connectivity index (χ0v) is 10.0. The van der Waals surface area contributed by atoms with Gasteiger partial charge in [-0.05, 0) is 26.2 Å². The van der Waals surface area contributed by atoms with Crippen LogP contribution in [0.5, 0.6) is 0 Å². The summed E-state index contributed by atoms with van der Waals surface area (Å²) in [5, 5.41) is 3.01. The summed E-state index contributed by atoms with van der Waals surface area (Å²) in [6.45, 7) is 4.96. The van der Waals surface area contributed by atoms with E-state index >= 15 is 0 Å². The maximum Gasteiger partial charge on any atom is 0.227 e. The Hall–Kier alpha value is -0.570. The summed E-state index contributed by atoms with van der Waals surface area (Å²) >= 11 is 0. The molecule has 3 heteroatoms. The van der Waals surface area contributed by atoms with Gasteiger partial charge in [-0.25, -0.2) is 0 Å². The first-order valence-corrected chi connectivity index (χ1v) is 6.15. The van der Waals surface area contributed by atoms with Crippen molar-refractivity contribution in [2.45, 2.75) is 58.4 Å². The van der Waals surface area contributed by atoms with E-state index in [2.05, 4.69) is 12.2 Å². The molecule has 0 radical (unpaired) electrons. The maximum atomic E-state index is 11.9. The van der Waals surface area contributed by atoms with Crippen LogP contribution in [0.2, 0.25) is 0 Å². The molecule has 2 atom stereocenters. The van der Waals surface area contributed by atoms with Gasteiger partial charge >= 0.3 is 0 Å². The monoisotopic (exact) mass is 212 g/mol. The van der Waals surface area contributed by atoms with Crippen LogP contribution in [0.1, 0.15) is 52.4 Å². The van der Waals surface area contributed by atoms with Crippen molar-refractivity contribution >= 4 is 5.91 Å². The average Bonchev–Trinajstić information content (AvgIpc) is 2.55. The van der Waals surface area contributed by atoms with Crippen LogP contribution in [0.25, 0.3) is 0 Å². The highest BCUT2D eigenvalue weighted by Crippen LogP contribution is 2.36. The highest BCUT2D eigenvalue weighted by molar-refractivity contribution is 5.83. The summed E-state index contributed by atoms with van der Waals surface area (Å²) in [4.78, 5) is 11.9. The van der Waals surface area contributed by atoms with E-state index in [4.69, 9.17) is 5.73 Å². The molecule has 0 saturated heterocycles. The molecular formula is C12H24N2O. The Bertz CT molecular complexity index is 218. The lowest BCUT2D eigenvalue weighted by Crippen LogP contribution is -2.47. The molecular weight excluding hydrogens is 188 g/mol. The van der Waals surface area contributed by atoms with Gasteiger partial charge in [0.25, 0.3) is 0 Å². The van der Waals surface area contributed by atoms with Crippen molar-refractivity contribution in [1.82, 2.24) is 5.32 Å². The van der Waals surface area contributed by atoms with Gasteiger partial charge < -0.3 is 11.1 Å². The van der Waals surface area contributed by atoms with Crippen molar-refractivity contribution in [1.29, 1.82) is 0 Å². The number of amides is 1. The van der Waals surface area contributed by atoms with Crippen LogP contribution in [0.3, 0.4) is 0 Å². The Labute approximate surface area is 92.8 Å². The maximum absolute atomic E-state index is 11.9. The van der Waals surface area contributed by atoms with Crippen molar-refractivity contribution in [3.05, 3.63) is 0 Å². The third-order valence-electron chi connectivity index (χ3n) is 3.61. The molecule has 88 valence electrons. The Balaban J connectivity index is 2.32. The summed E-state index contributed by atoms with van der Waals surface area (Å²) in [7, 11) is 0. The summed E-state index contributed by atoms with van der Waals surface area (Å²) in [6.07, 6.45) is 6.45. The van der Waals surface area contributed by atoms with Crippen molar-refractivity contribution < 1.29 is 4.79 Å². The summed E-state index contributed by atoms with van der Waals surface area (Å²) < 4.78 is 0. The lowest BCUT2D eigenvalue weighted by molar-refractivity contribution is -0.130. The molecule has 0 heterocycles. The highest BCUT2D eigenvalue weighted by atomic mass is 16.2. The molecule has 15 heavy (non-hydrogen) atoms. The SMILES string of the molecule is CCCCCNC(=O)C1(C)CCCC1N. The molecule has 3 nitrogen and oxygen atoms in total. The van der Waals surface area contributed by atoms with E-state index in [-0.39, 0.29) is 17.4 Å². The molecule has 1 amide bonds. The van der Waals surface area contributed by atoms with E-state index in [1.807, 2.05) is 6.92 Å². The van der Waals surface area contributed by atoms with Crippen LogP contribution >= 0.6 is 0 Å². The Morgan fingerprint density at radius 2 is 2.27 bits per heavy atom. The topological polar surface area (TPSA) is 55.1 Å². The van der Waals surface area contributed by atoms with Gasteiger partial charge in [0.1, 0.15) is 0 Å². The first-order valence-electron chi connectivity index (χ1n) is 6.15. The third-order valence-corrected chi connectivity index (χ3v) is 3.61. The number of nitrogens with one attached hydrogen (secondary N) is 1. The normalized spacial score (nSPS) is 30.5. The quantitative estimate of drug-likeness (QED) is 0.683. The van der Waals surface area contributed by atoms with Gasteiger partial charge in [0.05, 0.1) is 5.41 Å². The molecule has 0 aromatic carbocycles. The number of hydrogen-bond donors (Lipinski definition) is 2. The minimum atomic E-state index is -0.313. The van der Waals surface area contributed by atoms with Crippen LogP contribution in [-0.4, -0.2) is 18.5 Å². The second-order valence-electron chi connectivity index (χ2n) is 4.88. The predicted molar refractivity (Wildman–Crippen MR) is 62.5 cm³/mol. The van der Waals surface area contributed by atoms with E-state index in [1.165, 1.54) is 12.8 Å². The number of carbonyl (C=O) groups is 1. The largest absolute Gasteiger partial charge is 0.356 e. The van der Waals surface area contributed by atoms with Crippen LogP contribution in [-0.2, 0) is 4.79 Å². The molecule has 0 aromatic heterocycles. The molecule has 1 rings (SSSR count). The molecule has 1 saturated carbocycles. The summed E-state index contributed by atoms with van der Waals surface area (Å²) in [6, 6.07) is 0.0451. The third kappa shape index (κ3) is 2.94. The van der Waals surface area contributed by atoms with Crippen LogP contribution < -0.4 is 11.1 Å². The molecule has 0 aromatic rings. The minimum Gasteiger partial charge on any atom is -0.356 e. The van der Waals surface area contributed by atoms with E-state index in [9.17, 15) is 4.79 Å². The second-order valence-corrected chi connectivity index (χ2v) is 4.88. The number of nitrogens with two attached hydrogens (primary N) is 1. The molecule has 0 aliphatic heterocycles. The fraction of sp³-hybridized carbons (Fsp3) is 0.917. The first-order chi connectivity index (χ1) is 7.11. The van der Waals surface area contributed by atoms with Crippen LogP contribution in [0, 0.1) is 5.41 Å². The fourth-order valence-corrected chi connectivity index (χ4v) is 2.25. The highest BCUT2D eigenvalue weighted by Gasteiger charge is 2.42. The van der Waals surface area contributed by atoms with E-state index in [1.54, 1.807) is 0 Å². The second kappa shape index (κ2) is 5.50. The first kappa shape index (κ1) is 12.5. The van der Waals surface area contributed by atoms with Crippen molar-refractivity contribution in [3.8, 4) is 0 Å². The zero-order chi connectivity index (χ0) is 11.3. The van der Waals surface area contributed by atoms with Crippen LogP contribution in [0.4, 0.5) is 0 Å². The summed E-state index contributed by atoms with van der Waals surface area (Å²) in [5.41, 5.74) is 5.67. The number of rotatable bonds is 5. The van der Waals surface area contributed by atoms with Gasteiger partial charge in [-0.15, -0.1) is 0 Å². The van der Waals surface area contributed by atoms with Crippen molar-refractivity contribution in [3.63, 3.8) is 0 Å². The molecule has 1 aliphatic carbocycles. The number of unbranched alkanes of at least 4 members (excludes halogenated alkanes) is 2. The predicted octanol–water partition coefficient (Wildman–Crippen LogP) is 1.81. The minimum absolute atomic E-state index is 0.0451. The van der Waals surface area contributed by atoms with Gasteiger partial charge in [-0.1, -0.05) is 26.2 Å². The lowest BCUT2D eigenvalue weighted by Gasteiger charge is -2.27. The standard InChI is InChI=1S/C12H24N2O/c1-3-4-5-9-14-11(15)12(2)8-6-7-10(12)13/h10H,3-9,13H2,1-2H3,(H,14,15). The number of carbonyl (C=O) groups excluding carboxylic acids is 1. The number of hydrogen-bond acceptors (Lipinski definition) is 2. The van der Waals surface area contributed by atoms with E-state index in [0.29, 0.717) is 0 Å². The molecule has 1 fully saturated rings. The Morgan fingerprint density at radius 3 is 2.80 bits per heavy atom. The van der Waals surface area contributed by atoms with E-state index < -0.39 is 0 Å². The van der Waals surface area contributed by atoms with Gasteiger partial charge in [-0.2, -0.15) is 0 Å². The van der Waals surface area contributed by atoms with Crippen molar-refractivity contribution in [2.75, 3.05) is 6.54 Å². The molecule has 0 bridgehead atoms. The molecule has 3 N–H and O–H groups in total. The molecule has 0 spiro atoms. The van der Waals surface area contributed by atoms with Gasteiger partial charge in [0.15, 0.2) is 0 Å². The molecule has 1 aliphatic rings. The van der Waals surface area contributed by atoms with Crippen LogP contribution in [0.15, 0.2) is 0 Å². The summed E-state index contributed by atoms with van der Waals surface area (Å²) in [5.74, 6) is 0.156. The lowest BCUT2D eigenvalue weighted by atomic mass is 9.84. The van der Waals surface area contributed by atoms with Gasteiger partial charge in [0, 0.05) is 12.6 Å². The van der Waals surface area contributed by atoms with Gasteiger partial charge in [-0.3, -0.25) is 4.79 Å². The fourth-order valence-electron chi connectivity index (χ4n) is 2.25. The smallest absolute Gasteiger partial charge is 0.227 e. The molecule has 2 unspecified atom stereocenters. The average molecular weight is 212 g/mol. The van der Waals surface area contributed by atoms with E-state index in [0.717, 1.165) is 32.2 Å². The Kier molecular flexibility index (Phi) is 4.58. The Morgan fingerprint density at radius 1 is 1.53 bits per heavy atom.